The lowest BCUT2D eigenvalue weighted by atomic mass is 9.46. The molecule has 5 heteroatoms. The number of ether oxygens (including phenoxy) is 4. The predicted molar refractivity (Wildman–Crippen MR) is 101 cm³/mol. The molecular weight excluding hydrogens is 356 g/mol. The monoisotopic (exact) mass is 388 g/mol. The second-order valence-corrected chi connectivity index (χ2v) is 10.6. The van der Waals surface area contributed by atoms with Gasteiger partial charge in [0.2, 0.25) is 5.79 Å². The second kappa shape index (κ2) is 5.69. The molecule has 0 aromatic heterocycles. The van der Waals surface area contributed by atoms with Crippen molar-refractivity contribution in [1.29, 1.82) is 0 Å². The van der Waals surface area contributed by atoms with Crippen molar-refractivity contribution in [3.05, 3.63) is 11.6 Å². The SMILES string of the molecule is C[C@@]12CCC(=O)C=C1CC[C@@H]1[C@H]3CC[C@@]4(OCO[C@]45COCO5)[C@]3(C)CC[C@@H]12. The Bertz CT molecular complexity index is 734. The number of allylic oxidation sites excluding steroid dienone is 1. The number of carbonyl (C=O) groups excluding carboxylic acids is 1. The Balaban J connectivity index is 1.37. The van der Waals surface area contributed by atoms with Crippen molar-refractivity contribution in [3.8, 4) is 0 Å². The quantitative estimate of drug-likeness (QED) is 0.629. The van der Waals surface area contributed by atoms with Crippen LogP contribution in [-0.4, -0.2) is 37.4 Å². The summed E-state index contributed by atoms with van der Waals surface area (Å²) in [5, 5.41) is 0. The van der Waals surface area contributed by atoms with Crippen LogP contribution in [0.1, 0.15) is 65.2 Å². The van der Waals surface area contributed by atoms with Crippen molar-refractivity contribution in [3.63, 3.8) is 0 Å². The molecule has 28 heavy (non-hydrogen) atoms. The van der Waals surface area contributed by atoms with Crippen LogP contribution in [0.3, 0.4) is 0 Å². The molecule has 2 saturated heterocycles. The fourth-order valence-electron chi connectivity index (χ4n) is 8.54. The number of rotatable bonds is 0. The zero-order valence-electron chi connectivity index (χ0n) is 17.1. The molecule has 4 aliphatic carbocycles. The highest BCUT2D eigenvalue weighted by Crippen LogP contribution is 2.71. The smallest absolute Gasteiger partial charge is 0.226 e. The van der Waals surface area contributed by atoms with Crippen LogP contribution in [0, 0.1) is 28.6 Å². The molecule has 2 spiro atoms. The van der Waals surface area contributed by atoms with E-state index in [0.29, 0.717) is 43.7 Å². The Morgan fingerprint density at radius 1 is 0.929 bits per heavy atom. The van der Waals surface area contributed by atoms with E-state index in [1.165, 1.54) is 24.8 Å². The molecule has 154 valence electrons. The summed E-state index contributed by atoms with van der Waals surface area (Å²) in [6, 6.07) is 0. The Hall–Kier alpha value is -0.750. The average Bonchev–Trinajstić information content (AvgIpc) is 3.37. The molecule has 6 rings (SSSR count). The summed E-state index contributed by atoms with van der Waals surface area (Å²) in [7, 11) is 0. The fourth-order valence-corrected chi connectivity index (χ4v) is 8.54. The Labute approximate surface area is 167 Å². The van der Waals surface area contributed by atoms with Crippen LogP contribution in [0.4, 0.5) is 0 Å². The molecule has 7 atom stereocenters. The van der Waals surface area contributed by atoms with Crippen molar-refractivity contribution in [2.24, 2.45) is 28.6 Å². The first-order valence-electron chi connectivity index (χ1n) is 11.2. The van der Waals surface area contributed by atoms with Gasteiger partial charge in [-0.1, -0.05) is 19.4 Å². The van der Waals surface area contributed by atoms with E-state index < -0.39 is 5.79 Å². The van der Waals surface area contributed by atoms with Gasteiger partial charge < -0.3 is 18.9 Å². The van der Waals surface area contributed by atoms with Gasteiger partial charge in [0.25, 0.3) is 0 Å². The number of ketones is 1. The third-order valence-electron chi connectivity index (χ3n) is 9.96. The maximum atomic E-state index is 12.0. The van der Waals surface area contributed by atoms with Gasteiger partial charge in [0.15, 0.2) is 19.4 Å². The normalized spacial score (nSPS) is 55.3. The highest BCUT2D eigenvalue weighted by molar-refractivity contribution is 5.91. The molecule has 0 bridgehead atoms. The highest BCUT2D eigenvalue weighted by atomic mass is 16.9. The molecule has 0 N–H and O–H groups in total. The van der Waals surface area contributed by atoms with Gasteiger partial charge in [-0.3, -0.25) is 4.79 Å². The van der Waals surface area contributed by atoms with Gasteiger partial charge in [0.05, 0.1) is 0 Å². The molecular formula is C23H32O5. The lowest BCUT2D eigenvalue weighted by Crippen LogP contribution is -2.63. The van der Waals surface area contributed by atoms with Crippen molar-refractivity contribution in [1.82, 2.24) is 0 Å². The lowest BCUT2D eigenvalue weighted by molar-refractivity contribution is -0.248. The van der Waals surface area contributed by atoms with E-state index in [1.54, 1.807) is 0 Å². The maximum absolute atomic E-state index is 12.0. The minimum Gasteiger partial charge on any atom is -0.350 e. The van der Waals surface area contributed by atoms with E-state index >= 15 is 0 Å². The number of hydrogen-bond donors (Lipinski definition) is 0. The molecule has 2 aliphatic heterocycles. The Morgan fingerprint density at radius 2 is 1.75 bits per heavy atom. The maximum Gasteiger partial charge on any atom is 0.226 e. The van der Waals surface area contributed by atoms with Crippen molar-refractivity contribution in [2.45, 2.75) is 76.6 Å². The number of fused-ring (bicyclic) bond motifs is 7. The van der Waals surface area contributed by atoms with Gasteiger partial charge in [0.1, 0.15) is 12.2 Å². The minimum atomic E-state index is -0.718. The molecule has 0 unspecified atom stereocenters. The van der Waals surface area contributed by atoms with Crippen molar-refractivity contribution in [2.75, 3.05) is 20.2 Å². The van der Waals surface area contributed by atoms with E-state index in [4.69, 9.17) is 18.9 Å². The second-order valence-electron chi connectivity index (χ2n) is 10.6. The van der Waals surface area contributed by atoms with Gasteiger partial charge in [-0.05, 0) is 74.2 Å². The molecule has 6 aliphatic rings. The summed E-state index contributed by atoms with van der Waals surface area (Å²) in [6.45, 7) is 5.98. The van der Waals surface area contributed by atoms with E-state index in [-0.39, 0.29) is 16.4 Å². The summed E-state index contributed by atoms with van der Waals surface area (Å²) in [4.78, 5) is 12.0. The van der Waals surface area contributed by atoms with Crippen molar-refractivity contribution < 1.29 is 23.7 Å². The molecule has 2 heterocycles. The van der Waals surface area contributed by atoms with Gasteiger partial charge in [-0.15, -0.1) is 0 Å². The first-order chi connectivity index (χ1) is 13.4. The average molecular weight is 389 g/mol. The summed E-state index contributed by atoms with van der Waals surface area (Å²) in [5.74, 6) is 1.64. The van der Waals surface area contributed by atoms with Crippen LogP contribution >= 0.6 is 0 Å². The standard InChI is InChI=1S/C23H32O5/c1-20-8-5-16(24)11-15(20)3-4-17-18(20)6-9-21(2)19(17)7-10-22(21)23(28-14-26-22)12-25-13-27-23/h11,17-19H,3-10,12-14H2,1-2H3/t17-,18-,19+,20+,21+,22+,23+/m0/s1. The van der Waals surface area contributed by atoms with Crippen LogP contribution in [-0.2, 0) is 23.7 Å². The van der Waals surface area contributed by atoms with Crippen LogP contribution < -0.4 is 0 Å². The minimum absolute atomic E-state index is 0.0560. The molecule has 0 radical (unpaired) electrons. The topological polar surface area (TPSA) is 54.0 Å². The molecule has 3 saturated carbocycles. The number of carbonyl (C=O) groups is 1. The van der Waals surface area contributed by atoms with Crippen LogP contribution in [0.2, 0.25) is 0 Å². The first kappa shape index (κ1) is 18.1. The highest BCUT2D eigenvalue weighted by Gasteiger charge is 2.75. The van der Waals surface area contributed by atoms with Gasteiger partial charge in [-0.2, -0.15) is 0 Å². The van der Waals surface area contributed by atoms with Crippen LogP contribution in [0.15, 0.2) is 11.6 Å². The molecule has 5 fully saturated rings. The van der Waals surface area contributed by atoms with Gasteiger partial charge in [-0.25, -0.2) is 0 Å². The predicted octanol–water partition coefficient (Wildman–Crippen LogP) is 3.96. The Kier molecular flexibility index (Phi) is 3.67. The van der Waals surface area contributed by atoms with E-state index in [2.05, 4.69) is 13.8 Å². The van der Waals surface area contributed by atoms with E-state index in [1.807, 2.05) is 6.08 Å². The summed E-state index contributed by atoms with van der Waals surface area (Å²) < 4.78 is 24.3. The van der Waals surface area contributed by atoms with Gasteiger partial charge >= 0.3 is 0 Å². The van der Waals surface area contributed by atoms with E-state index in [9.17, 15) is 4.79 Å². The summed E-state index contributed by atoms with van der Waals surface area (Å²) in [5.41, 5.74) is 1.32. The Morgan fingerprint density at radius 3 is 2.57 bits per heavy atom. The third-order valence-corrected chi connectivity index (χ3v) is 9.96. The van der Waals surface area contributed by atoms with Gasteiger partial charge in [0, 0.05) is 11.8 Å². The zero-order chi connectivity index (χ0) is 19.2. The van der Waals surface area contributed by atoms with Crippen molar-refractivity contribution >= 4 is 5.78 Å². The number of hydrogen-bond acceptors (Lipinski definition) is 5. The third kappa shape index (κ3) is 1.95. The first-order valence-corrected chi connectivity index (χ1v) is 11.2. The molecule has 5 nitrogen and oxygen atoms in total. The largest absolute Gasteiger partial charge is 0.350 e. The fraction of sp³-hybridized carbons (Fsp3) is 0.870. The zero-order valence-corrected chi connectivity index (χ0v) is 17.1. The summed E-state index contributed by atoms with van der Waals surface area (Å²) in [6.07, 6.45) is 10.6. The molecule has 0 amide bonds. The lowest BCUT2D eigenvalue weighted by Gasteiger charge is -2.60. The molecule has 0 aromatic rings. The summed E-state index contributed by atoms with van der Waals surface area (Å²) >= 11 is 0. The van der Waals surface area contributed by atoms with Crippen LogP contribution in [0.25, 0.3) is 0 Å². The molecule has 0 aromatic carbocycles. The van der Waals surface area contributed by atoms with E-state index in [0.717, 1.165) is 32.1 Å². The van der Waals surface area contributed by atoms with Crippen LogP contribution in [0.5, 0.6) is 0 Å².